The van der Waals surface area contributed by atoms with E-state index in [0.717, 1.165) is 0 Å². The van der Waals surface area contributed by atoms with Gasteiger partial charge in [0.15, 0.2) is 0 Å². The first-order valence-corrected chi connectivity index (χ1v) is 4.97. The van der Waals surface area contributed by atoms with Crippen molar-refractivity contribution in [3.05, 3.63) is 28.5 Å². The number of rotatable bonds is 4. The van der Waals surface area contributed by atoms with Crippen molar-refractivity contribution in [1.29, 1.82) is 0 Å². The van der Waals surface area contributed by atoms with Crippen LogP contribution >= 0.6 is 15.9 Å². The third kappa shape index (κ3) is 3.49. The smallest absolute Gasteiger partial charge is 0.322 e. The van der Waals surface area contributed by atoms with Crippen LogP contribution in [0.1, 0.15) is 0 Å². The van der Waals surface area contributed by atoms with Gasteiger partial charge >= 0.3 is 5.97 Å². The van der Waals surface area contributed by atoms with E-state index in [2.05, 4.69) is 21.2 Å². The largest absolute Gasteiger partial charge is 0.480 e. The van der Waals surface area contributed by atoms with Gasteiger partial charge in [-0.3, -0.25) is 4.79 Å². The van der Waals surface area contributed by atoms with E-state index in [1.165, 1.54) is 18.2 Å². The van der Waals surface area contributed by atoms with Crippen molar-refractivity contribution in [1.82, 2.24) is 0 Å². The summed E-state index contributed by atoms with van der Waals surface area (Å²) in [6.45, 7) is 0.0391. The average Bonchev–Trinajstić information content (AvgIpc) is 2.18. The average molecular weight is 277 g/mol. The highest BCUT2D eigenvalue weighted by atomic mass is 79.9. The van der Waals surface area contributed by atoms with Gasteiger partial charge in [0.2, 0.25) is 0 Å². The number of carboxylic acid groups (broad SMARTS) is 1. The molecule has 0 fully saturated rings. The molecule has 0 aliphatic heterocycles. The van der Waals surface area contributed by atoms with Crippen molar-refractivity contribution in [2.24, 2.45) is 5.73 Å². The Morgan fingerprint density at radius 1 is 1.67 bits per heavy atom. The van der Waals surface area contributed by atoms with Crippen molar-refractivity contribution in [2.45, 2.75) is 6.04 Å². The molecular formula is C9H10BrFN2O2. The van der Waals surface area contributed by atoms with Gasteiger partial charge in [-0.1, -0.05) is 0 Å². The molecule has 0 aliphatic carbocycles. The zero-order chi connectivity index (χ0) is 11.4. The van der Waals surface area contributed by atoms with Crippen molar-refractivity contribution >= 4 is 27.6 Å². The van der Waals surface area contributed by atoms with Crippen LogP contribution in [-0.2, 0) is 4.79 Å². The molecule has 15 heavy (non-hydrogen) atoms. The van der Waals surface area contributed by atoms with Gasteiger partial charge in [-0.15, -0.1) is 0 Å². The van der Waals surface area contributed by atoms with E-state index in [-0.39, 0.29) is 6.54 Å². The van der Waals surface area contributed by atoms with E-state index in [4.69, 9.17) is 10.8 Å². The zero-order valence-electron chi connectivity index (χ0n) is 7.71. The van der Waals surface area contributed by atoms with E-state index in [1.54, 1.807) is 0 Å². The van der Waals surface area contributed by atoms with Crippen molar-refractivity contribution in [3.8, 4) is 0 Å². The monoisotopic (exact) mass is 276 g/mol. The Balaban J connectivity index is 2.65. The Bertz CT molecular complexity index is 373. The maximum Gasteiger partial charge on any atom is 0.322 e. The van der Waals surface area contributed by atoms with Gasteiger partial charge < -0.3 is 16.2 Å². The highest BCUT2D eigenvalue weighted by molar-refractivity contribution is 9.10. The van der Waals surface area contributed by atoms with E-state index in [9.17, 15) is 9.18 Å². The number of benzene rings is 1. The lowest BCUT2D eigenvalue weighted by Crippen LogP contribution is -2.37. The summed E-state index contributed by atoms with van der Waals surface area (Å²) in [5, 5.41) is 11.3. The Morgan fingerprint density at radius 3 is 2.93 bits per heavy atom. The van der Waals surface area contributed by atoms with Crippen LogP contribution in [0.3, 0.4) is 0 Å². The van der Waals surface area contributed by atoms with Crippen molar-refractivity contribution in [2.75, 3.05) is 11.9 Å². The first kappa shape index (κ1) is 11.9. The minimum atomic E-state index is -1.10. The highest BCUT2D eigenvalue weighted by Gasteiger charge is 2.11. The summed E-state index contributed by atoms with van der Waals surface area (Å²) in [7, 11) is 0. The summed E-state index contributed by atoms with van der Waals surface area (Å²) in [6, 6.07) is 3.08. The summed E-state index contributed by atoms with van der Waals surface area (Å²) in [5.41, 5.74) is 5.76. The van der Waals surface area contributed by atoms with Crippen LogP contribution in [-0.4, -0.2) is 23.7 Å². The number of carboxylic acids is 1. The van der Waals surface area contributed by atoms with Crippen LogP contribution in [0.4, 0.5) is 10.1 Å². The van der Waals surface area contributed by atoms with Crippen LogP contribution in [0.2, 0.25) is 0 Å². The molecule has 1 aromatic carbocycles. The molecule has 4 nitrogen and oxygen atoms in total. The SMILES string of the molecule is NC(CNc1cc(F)ccc1Br)C(=O)O. The molecule has 1 atom stereocenters. The number of nitrogens with one attached hydrogen (secondary N) is 1. The van der Waals surface area contributed by atoms with Crippen LogP contribution in [0, 0.1) is 5.82 Å². The minimum absolute atomic E-state index is 0.0391. The lowest BCUT2D eigenvalue weighted by molar-refractivity contribution is -0.138. The maximum absolute atomic E-state index is 12.8. The number of anilines is 1. The molecule has 0 spiro atoms. The number of hydrogen-bond acceptors (Lipinski definition) is 3. The van der Waals surface area contributed by atoms with Gasteiger partial charge in [-0.05, 0) is 34.1 Å². The Morgan fingerprint density at radius 2 is 2.33 bits per heavy atom. The second-order valence-electron chi connectivity index (χ2n) is 2.95. The number of hydrogen-bond donors (Lipinski definition) is 3. The molecule has 0 bridgehead atoms. The first-order chi connectivity index (χ1) is 7.00. The fourth-order valence-electron chi connectivity index (χ4n) is 0.940. The summed E-state index contributed by atoms with van der Waals surface area (Å²) >= 11 is 3.20. The fraction of sp³-hybridized carbons (Fsp3) is 0.222. The summed E-state index contributed by atoms with van der Waals surface area (Å²) < 4.78 is 13.5. The summed E-state index contributed by atoms with van der Waals surface area (Å²) in [5.74, 6) is -1.50. The van der Waals surface area contributed by atoms with Crippen LogP contribution in [0.25, 0.3) is 0 Å². The van der Waals surface area contributed by atoms with Gasteiger partial charge in [0.1, 0.15) is 11.9 Å². The molecule has 0 aromatic heterocycles. The number of aliphatic carboxylic acids is 1. The van der Waals surface area contributed by atoms with Crippen molar-refractivity contribution < 1.29 is 14.3 Å². The molecule has 0 radical (unpaired) electrons. The van der Waals surface area contributed by atoms with Gasteiger partial charge in [0.25, 0.3) is 0 Å². The number of halogens is 2. The van der Waals surface area contributed by atoms with Crippen LogP contribution in [0.15, 0.2) is 22.7 Å². The Labute approximate surface area is 94.4 Å². The molecule has 82 valence electrons. The predicted molar refractivity (Wildman–Crippen MR) is 58.2 cm³/mol. The molecule has 0 heterocycles. The molecule has 0 amide bonds. The lowest BCUT2D eigenvalue weighted by atomic mass is 10.2. The van der Waals surface area contributed by atoms with E-state index < -0.39 is 17.8 Å². The Hall–Kier alpha value is -1.14. The van der Waals surface area contributed by atoms with E-state index >= 15 is 0 Å². The number of carbonyl (C=O) groups is 1. The first-order valence-electron chi connectivity index (χ1n) is 4.18. The summed E-state index contributed by atoms with van der Waals surface area (Å²) in [6.07, 6.45) is 0. The molecule has 1 unspecified atom stereocenters. The Kier molecular flexibility index (Phi) is 4.05. The third-order valence-electron chi connectivity index (χ3n) is 1.76. The van der Waals surface area contributed by atoms with Crippen molar-refractivity contribution in [3.63, 3.8) is 0 Å². The van der Waals surface area contributed by atoms with Crippen LogP contribution < -0.4 is 11.1 Å². The molecule has 1 rings (SSSR count). The normalized spacial score (nSPS) is 12.2. The second kappa shape index (κ2) is 5.09. The predicted octanol–water partition coefficient (Wildman–Crippen LogP) is 1.41. The number of nitrogens with two attached hydrogens (primary N) is 1. The third-order valence-corrected chi connectivity index (χ3v) is 2.45. The minimum Gasteiger partial charge on any atom is -0.480 e. The maximum atomic E-state index is 12.8. The van der Waals surface area contributed by atoms with Gasteiger partial charge in [0.05, 0.1) is 5.69 Å². The molecule has 0 saturated heterocycles. The quantitative estimate of drug-likeness (QED) is 0.777. The molecule has 1 aromatic rings. The standard InChI is InChI=1S/C9H10BrFN2O2/c10-6-2-1-5(11)3-8(6)13-4-7(12)9(14)15/h1-3,7,13H,4,12H2,(H,14,15). The van der Waals surface area contributed by atoms with Gasteiger partial charge in [-0.2, -0.15) is 0 Å². The van der Waals surface area contributed by atoms with Gasteiger partial charge in [-0.25, -0.2) is 4.39 Å². The second-order valence-corrected chi connectivity index (χ2v) is 3.80. The van der Waals surface area contributed by atoms with E-state index in [1.807, 2.05) is 0 Å². The van der Waals surface area contributed by atoms with Crippen LogP contribution in [0.5, 0.6) is 0 Å². The molecule has 4 N–H and O–H groups in total. The van der Waals surface area contributed by atoms with Gasteiger partial charge in [0, 0.05) is 11.0 Å². The highest BCUT2D eigenvalue weighted by Crippen LogP contribution is 2.22. The summed E-state index contributed by atoms with van der Waals surface area (Å²) in [4.78, 5) is 10.4. The molecule has 0 saturated carbocycles. The molecule has 0 aliphatic rings. The molecule has 6 heteroatoms. The molecular weight excluding hydrogens is 267 g/mol. The topological polar surface area (TPSA) is 75.3 Å². The lowest BCUT2D eigenvalue weighted by Gasteiger charge is -2.11. The van der Waals surface area contributed by atoms with E-state index in [0.29, 0.717) is 10.2 Å². The zero-order valence-corrected chi connectivity index (χ0v) is 9.29. The fourth-order valence-corrected chi connectivity index (χ4v) is 1.33.